The monoisotopic (exact) mass is 274 g/mol. The van der Waals surface area contributed by atoms with Gasteiger partial charge in [0, 0.05) is 25.6 Å². The summed E-state index contributed by atoms with van der Waals surface area (Å²) in [6, 6.07) is 4.25. The number of urea groups is 1. The number of benzene rings is 1. The molecular formula is C12H13F3N2O2. The van der Waals surface area contributed by atoms with Gasteiger partial charge in [-0.05, 0) is 12.1 Å². The first kappa shape index (κ1) is 13.7. The highest BCUT2D eigenvalue weighted by Gasteiger charge is 2.35. The molecule has 104 valence electrons. The number of carbonyl (C=O) groups excluding carboxylic acids is 1. The van der Waals surface area contributed by atoms with Crippen LogP contribution in [-0.4, -0.2) is 35.7 Å². The quantitative estimate of drug-likeness (QED) is 0.868. The van der Waals surface area contributed by atoms with Crippen LogP contribution in [-0.2, 0) is 6.18 Å². The van der Waals surface area contributed by atoms with E-state index in [2.05, 4.69) is 5.32 Å². The summed E-state index contributed by atoms with van der Waals surface area (Å²) < 4.78 is 38.1. The first-order chi connectivity index (χ1) is 8.91. The molecule has 1 fully saturated rings. The number of likely N-dealkylation sites (tertiary alicyclic amines) is 1. The molecule has 1 aromatic carbocycles. The predicted octanol–water partition coefficient (Wildman–Crippen LogP) is 2.16. The number of alkyl halides is 3. The number of rotatable bonds is 2. The van der Waals surface area contributed by atoms with Crippen LogP contribution in [0, 0.1) is 5.92 Å². The van der Waals surface area contributed by atoms with Crippen molar-refractivity contribution in [3.05, 3.63) is 29.8 Å². The van der Waals surface area contributed by atoms with Crippen LogP contribution in [0.1, 0.15) is 5.56 Å². The van der Waals surface area contributed by atoms with Gasteiger partial charge in [0.2, 0.25) is 0 Å². The van der Waals surface area contributed by atoms with Crippen LogP contribution in [0.25, 0.3) is 0 Å². The lowest BCUT2D eigenvalue weighted by atomic mass is 10.0. The number of hydrogen-bond acceptors (Lipinski definition) is 2. The van der Waals surface area contributed by atoms with Crippen molar-refractivity contribution in [3.63, 3.8) is 0 Å². The summed E-state index contributed by atoms with van der Waals surface area (Å²) in [5, 5.41) is 11.1. The molecule has 7 heteroatoms. The molecule has 4 nitrogen and oxygen atoms in total. The van der Waals surface area contributed by atoms with Crippen molar-refractivity contribution < 1.29 is 23.1 Å². The minimum atomic E-state index is -4.51. The van der Waals surface area contributed by atoms with E-state index in [1.54, 1.807) is 0 Å². The number of amides is 2. The number of aliphatic hydroxyl groups is 1. The van der Waals surface area contributed by atoms with Crippen molar-refractivity contribution in [3.8, 4) is 0 Å². The van der Waals surface area contributed by atoms with Gasteiger partial charge in [-0.2, -0.15) is 13.2 Å². The Balaban J connectivity index is 2.06. The van der Waals surface area contributed by atoms with E-state index in [1.165, 1.54) is 23.1 Å². The molecule has 0 aliphatic carbocycles. The molecule has 1 heterocycles. The Kier molecular flexibility index (Phi) is 3.66. The molecular weight excluding hydrogens is 261 g/mol. The number of hydrogen-bond donors (Lipinski definition) is 2. The van der Waals surface area contributed by atoms with Crippen LogP contribution < -0.4 is 5.32 Å². The van der Waals surface area contributed by atoms with Gasteiger partial charge < -0.3 is 15.3 Å². The summed E-state index contributed by atoms with van der Waals surface area (Å²) in [6.45, 7) is 0.690. The van der Waals surface area contributed by atoms with E-state index in [9.17, 15) is 18.0 Å². The van der Waals surface area contributed by atoms with Crippen molar-refractivity contribution in [2.75, 3.05) is 25.0 Å². The molecule has 0 atom stereocenters. The van der Waals surface area contributed by atoms with E-state index >= 15 is 0 Å². The average molecular weight is 274 g/mol. The maximum Gasteiger partial charge on any atom is 0.418 e. The molecule has 0 saturated carbocycles. The van der Waals surface area contributed by atoms with Crippen LogP contribution in [0.3, 0.4) is 0 Å². The Bertz CT molecular complexity index is 470. The highest BCUT2D eigenvalue weighted by Crippen LogP contribution is 2.34. The smallest absolute Gasteiger partial charge is 0.396 e. The van der Waals surface area contributed by atoms with Crippen LogP contribution in [0.5, 0.6) is 0 Å². The summed E-state index contributed by atoms with van der Waals surface area (Å²) in [6.07, 6.45) is -4.51. The summed E-state index contributed by atoms with van der Waals surface area (Å²) in [5.74, 6) is 0.0172. The molecule has 1 aliphatic rings. The normalized spacial score (nSPS) is 16.1. The predicted molar refractivity (Wildman–Crippen MR) is 62.6 cm³/mol. The Hall–Kier alpha value is -1.76. The van der Waals surface area contributed by atoms with Gasteiger partial charge in [0.15, 0.2) is 0 Å². The molecule has 1 saturated heterocycles. The molecule has 0 aromatic heterocycles. The lowest BCUT2D eigenvalue weighted by molar-refractivity contribution is -0.136. The number of aliphatic hydroxyl groups excluding tert-OH is 1. The number of nitrogens with one attached hydrogen (secondary N) is 1. The SMILES string of the molecule is O=C(Nc1ccccc1C(F)(F)F)N1CC(CO)C1. The number of para-hydroxylation sites is 1. The standard InChI is InChI=1S/C12H13F3N2O2/c13-12(14,15)9-3-1-2-4-10(9)16-11(19)17-5-8(6-17)7-18/h1-4,8,18H,5-7H2,(H,16,19). The van der Waals surface area contributed by atoms with Crippen LogP contribution in [0.15, 0.2) is 24.3 Å². The van der Waals surface area contributed by atoms with Crippen molar-refractivity contribution in [2.45, 2.75) is 6.18 Å². The maximum absolute atomic E-state index is 12.7. The number of nitrogens with zero attached hydrogens (tertiary/aromatic N) is 1. The minimum absolute atomic E-state index is 0.0172. The van der Waals surface area contributed by atoms with E-state index in [0.717, 1.165) is 6.07 Å². The lowest BCUT2D eigenvalue weighted by Gasteiger charge is -2.38. The van der Waals surface area contributed by atoms with Crippen LogP contribution >= 0.6 is 0 Å². The van der Waals surface area contributed by atoms with Gasteiger partial charge >= 0.3 is 12.2 Å². The zero-order valence-corrected chi connectivity index (χ0v) is 9.94. The van der Waals surface area contributed by atoms with Gasteiger partial charge in [-0.3, -0.25) is 0 Å². The fraction of sp³-hybridized carbons (Fsp3) is 0.417. The Morgan fingerprint density at radius 2 is 2.00 bits per heavy atom. The van der Waals surface area contributed by atoms with Crippen molar-refractivity contribution in [1.29, 1.82) is 0 Å². The number of anilines is 1. The second-order valence-corrected chi connectivity index (χ2v) is 4.43. The fourth-order valence-corrected chi connectivity index (χ4v) is 1.88. The molecule has 0 spiro atoms. The van der Waals surface area contributed by atoms with E-state index in [4.69, 9.17) is 5.11 Å². The van der Waals surface area contributed by atoms with Gasteiger partial charge in [-0.1, -0.05) is 12.1 Å². The van der Waals surface area contributed by atoms with Crippen LogP contribution in [0.2, 0.25) is 0 Å². The van der Waals surface area contributed by atoms with E-state index in [-0.39, 0.29) is 18.2 Å². The largest absolute Gasteiger partial charge is 0.418 e. The molecule has 19 heavy (non-hydrogen) atoms. The highest BCUT2D eigenvalue weighted by atomic mass is 19.4. The summed E-state index contributed by atoms with van der Waals surface area (Å²) in [7, 11) is 0. The molecule has 0 radical (unpaired) electrons. The van der Waals surface area contributed by atoms with Gasteiger partial charge in [-0.15, -0.1) is 0 Å². The Morgan fingerprint density at radius 1 is 1.37 bits per heavy atom. The second-order valence-electron chi connectivity index (χ2n) is 4.43. The fourth-order valence-electron chi connectivity index (χ4n) is 1.88. The van der Waals surface area contributed by atoms with Gasteiger partial charge in [-0.25, -0.2) is 4.79 Å². The van der Waals surface area contributed by atoms with Gasteiger partial charge in [0.1, 0.15) is 0 Å². The van der Waals surface area contributed by atoms with Gasteiger partial charge in [0.25, 0.3) is 0 Å². The molecule has 2 amide bonds. The maximum atomic E-state index is 12.7. The molecule has 1 aromatic rings. The third kappa shape index (κ3) is 2.98. The van der Waals surface area contributed by atoms with E-state index in [1.807, 2.05) is 0 Å². The highest BCUT2D eigenvalue weighted by molar-refractivity contribution is 5.90. The Labute approximate surface area is 107 Å². The molecule has 0 bridgehead atoms. The zero-order chi connectivity index (χ0) is 14.0. The zero-order valence-electron chi connectivity index (χ0n) is 9.94. The van der Waals surface area contributed by atoms with Crippen molar-refractivity contribution in [2.24, 2.45) is 5.92 Å². The second kappa shape index (κ2) is 5.08. The van der Waals surface area contributed by atoms with Crippen LogP contribution in [0.4, 0.5) is 23.7 Å². The summed E-state index contributed by atoms with van der Waals surface area (Å²) in [4.78, 5) is 13.1. The lowest BCUT2D eigenvalue weighted by Crippen LogP contribution is -2.52. The molecule has 2 rings (SSSR count). The first-order valence-electron chi connectivity index (χ1n) is 5.75. The van der Waals surface area contributed by atoms with Crippen molar-refractivity contribution in [1.82, 2.24) is 4.90 Å². The average Bonchev–Trinajstić information content (AvgIpc) is 2.26. The number of halogens is 3. The molecule has 0 unspecified atom stereocenters. The molecule has 1 aliphatic heterocycles. The summed E-state index contributed by atoms with van der Waals surface area (Å²) in [5.41, 5.74) is -1.13. The van der Waals surface area contributed by atoms with Crippen molar-refractivity contribution >= 4 is 11.7 Å². The van der Waals surface area contributed by atoms with E-state index in [0.29, 0.717) is 13.1 Å². The minimum Gasteiger partial charge on any atom is -0.396 e. The number of carbonyl (C=O) groups is 1. The Morgan fingerprint density at radius 3 is 2.58 bits per heavy atom. The van der Waals surface area contributed by atoms with Gasteiger partial charge in [0.05, 0.1) is 11.3 Å². The summed E-state index contributed by atoms with van der Waals surface area (Å²) >= 11 is 0. The third-order valence-electron chi connectivity index (χ3n) is 2.98. The topological polar surface area (TPSA) is 52.6 Å². The first-order valence-corrected chi connectivity index (χ1v) is 5.75. The third-order valence-corrected chi connectivity index (χ3v) is 2.98. The molecule has 2 N–H and O–H groups in total. The van der Waals surface area contributed by atoms with E-state index < -0.39 is 17.8 Å².